The number of ether oxygens (including phenoxy) is 1. The maximum absolute atomic E-state index is 12.0. The standard InChI is InChI=1S/C12H11ClF3NO4/c13-8-5-7(1-2-9(8)21-6-11(19)20)17-10(18)3-4-12(14,15)16/h1-2,5H,3-4,6H2,(H,17,18)(H,19,20). The van der Waals surface area contributed by atoms with Gasteiger partial charge in [-0.3, -0.25) is 4.79 Å². The first-order valence-corrected chi connectivity index (χ1v) is 6.06. The lowest BCUT2D eigenvalue weighted by atomic mass is 10.2. The number of halogens is 4. The lowest BCUT2D eigenvalue weighted by Gasteiger charge is -2.10. The van der Waals surface area contributed by atoms with Gasteiger partial charge in [-0.2, -0.15) is 13.2 Å². The predicted octanol–water partition coefficient (Wildman–Crippen LogP) is 3.08. The highest BCUT2D eigenvalue weighted by Gasteiger charge is 2.27. The number of anilines is 1. The zero-order chi connectivity index (χ0) is 16.0. The summed E-state index contributed by atoms with van der Waals surface area (Å²) in [5.41, 5.74) is 0.190. The zero-order valence-corrected chi connectivity index (χ0v) is 11.3. The van der Waals surface area contributed by atoms with Crippen molar-refractivity contribution in [2.45, 2.75) is 19.0 Å². The molecule has 0 unspecified atom stereocenters. The molecule has 0 atom stereocenters. The van der Waals surface area contributed by atoms with Gasteiger partial charge >= 0.3 is 12.1 Å². The Bertz CT molecular complexity index is 534. The molecule has 1 rings (SSSR count). The maximum Gasteiger partial charge on any atom is 0.389 e. The Hall–Kier alpha value is -1.96. The minimum Gasteiger partial charge on any atom is -0.480 e. The zero-order valence-electron chi connectivity index (χ0n) is 10.5. The number of carbonyl (C=O) groups excluding carboxylic acids is 1. The lowest BCUT2D eigenvalue weighted by Crippen LogP contribution is -2.16. The van der Waals surface area contributed by atoms with E-state index in [2.05, 4.69) is 5.32 Å². The van der Waals surface area contributed by atoms with Crippen LogP contribution in [0.25, 0.3) is 0 Å². The molecule has 21 heavy (non-hydrogen) atoms. The first-order valence-electron chi connectivity index (χ1n) is 5.68. The van der Waals surface area contributed by atoms with Gasteiger partial charge in [0.05, 0.1) is 11.4 Å². The fourth-order valence-corrected chi connectivity index (χ4v) is 1.55. The number of benzene rings is 1. The van der Waals surface area contributed by atoms with E-state index in [0.717, 1.165) is 0 Å². The number of hydrogen-bond donors (Lipinski definition) is 2. The molecule has 0 radical (unpaired) electrons. The first-order chi connectivity index (χ1) is 9.67. The predicted molar refractivity (Wildman–Crippen MR) is 68.5 cm³/mol. The van der Waals surface area contributed by atoms with Gasteiger partial charge in [0.25, 0.3) is 0 Å². The molecule has 0 aliphatic heterocycles. The average molecular weight is 326 g/mol. The van der Waals surface area contributed by atoms with Crippen molar-refractivity contribution in [3.8, 4) is 5.75 Å². The Kier molecular flexibility index (Phi) is 5.83. The number of nitrogens with one attached hydrogen (secondary N) is 1. The van der Waals surface area contributed by atoms with Crippen LogP contribution in [-0.4, -0.2) is 29.8 Å². The van der Waals surface area contributed by atoms with Crippen molar-refractivity contribution in [2.75, 3.05) is 11.9 Å². The minimum absolute atomic E-state index is 0.0323. The molecule has 0 aliphatic carbocycles. The number of alkyl halides is 3. The molecular formula is C12H11ClF3NO4. The molecule has 1 amide bonds. The summed E-state index contributed by atoms with van der Waals surface area (Å²) in [6, 6.07) is 3.91. The molecule has 5 nitrogen and oxygen atoms in total. The molecule has 116 valence electrons. The van der Waals surface area contributed by atoms with E-state index >= 15 is 0 Å². The monoisotopic (exact) mass is 325 g/mol. The summed E-state index contributed by atoms with van der Waals surface area (Å²) >= 11 is 5.80. The molecule has 0 aromatic heterocycles. The highest BCUT2D eigenvalue weighted by atomic mass is 35.5. The van der Waals surface area contributed by atoms with Gasteiger partial charge in [0, 0.05) is 12.1 Å². The van der Waals surface area contributed by atoms with E-state index in [0.29, 0.717) is 0 Å². The highest BCUT2D eigenvalue weighted by Crippen LogP contribution is 2.28. The summed E-state index contributed by atoms with van der Waals surface area (Å²) in [5, 5.41) is 10.7. The minimum atomic E-state index is -4.40. The lowest BCUT2D eigenvalue weighted by molar-refractivity contribution is -0.142. The van der Waals surface area contributed by atoms with Crippen LogP contribution in [0.3, 0.4) is 0 Å². The van der Waals surface area contributed by atoms with Crippen LogP contribution in [0.4, 0.5) is 18.9 Å². The fourth-order valence-electron chi connectivity index (χ4n) is 1.31. The number of hydrogen-bond acceptors (Lipinski definition) is 3. The van der Waals surface area contributed by atoms with Crippen LogP contribution in [0.15, 0.2) is 18.2 Å². The normalized spacial score (nSPS) is 11.0. The molecule has 0 heterocycles. The third-order valence-corrected chi connectivity index (χ3v) is 2.50. The largest absolute Gasteiger partial charge is 0.480 e. The van der Waals surface area contributed by atoms with Crippen molar-refractivity contribution in [1.82, 2.24) is 0 Å². The SMILES string of the molecule is O=C(O)COc1ccc(NC(=O)CCC(F)(F)F)cc1Cl. The number of amides is 1. The van der Waals surface area contributed by atoms with E-state index in [9.17, 15) is 22.8 Å². The molecule has 1 aromatic rings. The smallest absolute Gasteiger partial charge is 0.389 e. The summed E-state index contributed by atoms with van der Waals surface area (Å²) in [7, 11) is 0. The van der Waals surface area contributed by atoms with Crippen molar-refractivity contribution in [1.29, 1.82) is 0 Å². The molecule has 0 spiro atoms. The Labute approximate surface area is 122 Å². The molecule has 1 aromatic carbocycles. The Balaban J connectivity index is 2.59. The molecule has 0 aliphatic rings. The fraction of sp³-hybridized carbons (Fsp3) is 0.333. The summed E-state index contributed by atoms with van der Waals surface area (Å²) in [4.78, 5) is 21.6. The molecular weight excluding hydrogens is 315 g/mol. The molecule has 2 N–H and O–H groups in total. The quantitative estimate of drug-likeness (QED) is 0.842. The number of carbonyl (C=O) groups is 2. The first kappa shape index (κ1) is 17.1. The Morgan fingerprint density at radius 3 is 2.52 bits per heavy atom. The van der Waals surface area contributed by atoms with E-state index < -0.39 is 37.5 Å². The molecule has 0 saturated heterocycles. The van der Waals surface area contributed by atoms with Crippen LogP contribution in [0.1, 0.15) is 12.8 Å². The van der Waals surface area contributed by atoms with Crippen molar-refractivity contribution in [2.24, 2.45) is 0 Å². The van der Waals surface area contributed by atoms with E-state index in [-0.39, 0.29) is 16.5 Å². The van der Waals surface area contributed by atoms with Crippen molar-refractivity contribution < 1.29 is 32.6 Å². The van der Waals surface area contributed by atoms with Crippen molar-refractivity contribution in [3.05, 3.63) is 23.2 Å². The number of carboxylic acids is 1. The Morgan fingerprint density at radius 2 is 2.00 bits per heavy atom. The van der Waals surface area contributed by atoms with Gasteiger partial charge in [-0.05, 0) is 18.2 Å². The van der Waals surface area contributed by atoms with Gasteiger partial charge in [-0.15, -0.1) is 0 Å². The van der Waals surface area contributed by atoms with E-state index in [4.69, 9.17) is 21.4 Å². The topological polar surface area (TPSA) is 75.6 Å². The number of rotatable bonds is 6. The van der Waals surface area contributed by atoms with Gasteiger partial charge < -0.3 is 15.2 Å². The summed E-state index contributed by atoms with van der Waals surface area (Å²) in [6.45, 7) is -0.586. The van der Waals surface area contributed by atoms with Crippen LogP contribution in [0.5, 0.6) is 5.75 Å². The van der Waals surface area contributed by atoms with Gasteiger partial charge in [0.15, 0.2) is 6.61 Å². The summed E-state index contributed by atoms with van der Waals surface area (Å²) in [5.74, 6) is -1.90. The molecule has 0 saturated carbocycles. The maximum atomic E-state index is 12.0. The van der Waals surface area contributed by atoms with Crippen molar-refractivity contribution >= 4 is 29.2 Å². The highest BCUT2D eigenvalue weighted by molar-refractivity contribution is 6.32. The molecule has 9 heteroatoms. The van der Waals surface area contributed by atoms with Gasteiger partial charge in [0.2, 0.25) is 5.91 Å². The van der Waals surface area contributed by atoms with E-state index in [1.165, 1.54) is 18.2 Å². The third-order valence-electron chi connectivity index (χ3n) is 2.20. The number of carboxylic acid groups (broad SMARTS) is 1. The van der Waals surface area contributed by atoms with E-state index in [1.54, 1.807) is 0 Å². The Morgan fingerprint density at radius 1 is 1.33 bits per heavy atom. The number of aliphatic carboxylic acids is 1. The second-order valence-electron chi connectivity index (χ2n) is 3.99. The molecule has 0 bridgehead atoms. The summed E-state index contributed by atoms with van der Waals surface area (Å²) in [6.07, 6.45) is -6.31. The van der Waals surface area contributed by atoms with Crippen LogP contribution in [0, 0.1) is 0 Å². The van der Waals surface area contributed by atoms with Gasteiger partial charge in [0.1, 0.15) is 5.75 Å². The average Bonchev–Trinajstić information content (AvgIpc) is 2.34. The van der Waals surface area contributed by atoms with Crippen LogP contribution in [0.2, 0.25) is 5.02 Å². The second kappa shape index (κ2) is 7.16. The summed E-state index contributed by atoms with van der Waals surface area (Å²) < 4.78 is 40.7. The van der Waals surface area contributed by atoms with Crippen LogP contribution < -0.4 is 10.1 Å². The van der Waals surface area contributed by atoms with Crippen molar-refractivity contribution in [3.63, 3.8) is 0 Å². The second-order valence-corrected chi connectivity index (χ2v) is 4.40. The van der Waals surface area contributed by atoms with E-state index in [1.807, 2.05) is 0 Å². The third kappa shape index (κ3) is 6.84. The van der Waals surface area contributed by atoms with Gasteiger partial charge in [-0.1, -0.05) is 11.6 Å². The van der Waals surface area contributed by atoms with Gasteiger partial charge in [-0.25, -0.2) is 4.79 Å². The van der Waals surface area contributed by atoms with Crippen LogP contribution >= 0.6 is 11.6 Å². The van der Waals surface area contributed by atoms with Crippen LogP contribution in [-0.2, 0) is 9.59 Å². The molecule has 0 fully saturated rings.